The van der Waals surface area contributed by atoms with E-state index < -0.39 is 6.10 Å². The molecule has 0 bridgehead atoms. The summed E-state index contributed by atoms with van der Waals surface area (Å²) in [7, 11) is 1.39. The molecule has 0 N–H and O–H groups in total. The molecule has 192 valence electrons. The van der Waals surface area contributed by atoms with Gasteiger partial charge in [-0.15, -0.1) is 11.3 Å². The summed E-state index contributed by atoms with van der Waals surface area (Å²) in [6.07, 6.45) is 3.27. The van der Waals surface area contributed by atoms with E-state index in [4.69, 9.17) is 9.47 Å². The summed E-state index contributed by atoms with van der Waals surface area (Å²) in [5.41, 5.74) is 5.91. The molecule has 0 fully saturated rings. The summed E-state index contributed by atoms with van der Waals surface area (Å²) in [6.45, 7) is 2.25. The highest BCUT2D eigenvalue weighted by atomic mass is 32.1. The van der Waals surface area contributed by atoms with Crippen molar-refractivity contribution in [3.8, 4) is 28.0 Å². The molecule has 0 radical (unpaired) electrons. The maximum Gasteiger partial charge on any atom is 0.347 e. The maximum atomic E-state index is 12.4. The molecule has 0 saturated heterocycles. The Hall–Kier alpha value is -3.89. The highest BCUT2D eigenvalue weighted by Gasteiger charge is 2.22. The first-order chi connectivity index (χ1) is 18.7. The lowest BCUT2D eigenvalue weighted by Gasteiger charge is -2.17. The Balaban J connectivity index is 1.34. The van der Waals surface area contributed by atoms with E-state index in [9.17, 15) is 4.79 Å². The Morgan fingerprint density at radius 3 is 2.11 bits per heavy atom. The molecule has 1 heterocycles. The third-order valence-corrected chi connectivity index (χ3v) is 8.02. The first kappa shape index (κ1) is 25.7. The lowest BCUT2D eigenvalue weighted by atomic mass is 9.97. The third kappa shape index (κ3) is 5.81. The second-order valence-electron chi connectivity index (χ2n) is 9.42. The molecule has 4 aromatic carbocycles. The van der Waals surface area contributed by atoms with Crippen molar-refractivity contribution in [1.29, 1.82) is 0 Å². The van der Waals surface area contributed by atoms with Crippen LogP contribution in [-0.4, -0.2) is 19.2 Å². The molecule has 4 heteroatoms. The number of aryl methyl sites for hydroxylation is 1. The SMILES string of the molecule is CCCCc1sc2ccccc2c1-c1ccc(-c2ccc(O[C@H](Cc3ccccc3)C(=O)OC)cc2)cc1. The van der Waals surface area contributed by atoms with Crippen LogP contribution in [0.15, 0.2) is 103 Å². The number of hydrogen-bond acceptors (Lipinski definition) is 4. The van der Waals surface area contributed by atoms with Gasteiger partial charge >= 0.3 is 5.97 Å². The average Bonchev–Trinajstić information content (AvgIpc) is 3.34. The second kappa shape index (κ2) is 12.1. The molecule has 3 nitrogen and oxygen atoms in total. The van der Waals surface area contributed by atoms with Gasteiger partial charge in [-0.05, 0) is 53.3 Å². The molecular weight excluding hydrogens is 488 g/mol. The van der Waals surface area contributed by atoms with Gasteiger partial charge in [-0.3, -0.25) is 0 Å². The maximum absolute atomic E-state index is 12.4. The van der Waals surface area contributed by atoms with Gasteiger partial charge in [-0.1, -0.05) is 98.3 Å². The van der Waals surface area contributed by atoms with Gasteiger partial charge in [0.25, 0.3) is 0 Å². The van der Waals surface area contributed by atoms with Crippen molar-refractivity contribution in [3.05, 3.63) is 114 Å². The second-order valence-corrected chi connectivity index (χ2v) is 10.6. The molecule has 1 aromatic heterocycles. The summed E-state index contributed by atoms with van der Waals surface area (Å²) in [4.78, 5) is 13.8. The standard InChI is InChI=1S/C34H32O3S/c1-3-4-13-32-33(29-12-8-9-14-31(29)38-32)27-17-15-25(16-18-27)26-19-21-28(22-20-26)37-30(34(35)36-2)23-24-10-6-5-7-11-24/h5-12,14-22,30H,3-4,13,23H2,1-2H3/t30-/m1/s1. The number of thiophene rings is 1. The Bertz CT molecular complexity index is 1490. The van der Waals surface area contributed by atoms with E-state index in [0.29, 0.717) is 12.2 Å². The monoisotopic (exact) mass is 520 g/mol. The number of unbranched alkanes of at least 4 members (excludes halogenated alkanes) is 1. The average molecular weight is 521 g/mol. The predicted octanol–water partition coefficient (Wildman–Crippen LogP) is 8.74. The summed E-state index contributed by atoms with van der Waals surface area (Å²) in [5, 5.41) is 1.34. The van der Waals surface area contributed by atoms with Crippen LogP contribution in [0.25, 0.3) is 32.3 Å². The molecule has 5 rings (SSSR count). The molecule has 0 unspecified atom stereocenters. The van der Waals surface area contributed by atoms with Crippen LogP contribution in [0.1, 0.15) is 30.2 Å². The number of carbonyl (C=O) groups is 1. The molecule has 0 aliphatic carbocycles. The van der Waals surface area contributed by atoms with Crippen molar-refractivity contribution in [2.45, 2.75) is 38.7 Å². The summed E-state index contributed by atoms with van der Waals surface area (Å²) in [6, 6.07) is 35.3. The van der Waals surface area contributed by atoms with E-state index in [1.54, 1.807) is 0 Å². The summed E-state index contributed by atoms with van der Waals surface area (Å²) in [5.74, 6) is 0.259. The first-order valence-corrected chi connectivity index (χ1v) is 14.0. The number of ether oxygens (including phenoxy) is 2. The molecule has 0 amide bonds. The van der Waals surface area contributed by atoms with Gasteiger partial charge in [0.05, 0.1) is 7.11 Å². The fourth-order valence-electron chi connectivity index (χ4n) is 4.78. The van der Waals surface area contributed by atoms with Crippen molar-refractivity contribution in [2.75, 3.05) is 7.11 Å². The van der Waals surface area contributed by atoms with Gasteiger partial charge in [0.2, 0.25) is 0 Å². The first-order valence-electron chi connectivity index (χ1n) is 13.2. The number of esters is 1. The van der Waals surface area contributed by atoms with Crippen LogP contribution in [0.3, 0.4) is 0 Å². The molecular formula is C34H32O3S. The number of methoxy groups -OCH3 is 1. The Kier molecular flexibility index (Phi) is 8.20. The molecule has 0 spiro atoms. The quantitative estimate of drug-likeness (QED) is 0.173. The van der Waals surface area contributed by atoms with E-state index in [1.807, 2.05) is 65.9 Å². The van der Waals surface area contributed by atoms with E-state index in [2.05, 4.69) is 55.5 Å². The van der Waals surface area contributed by atoms with Crippen molar-refractivity contribution in [1.82, 2.24) is 0 Å². The third-order valence-electron chi connectivity index (χ3n) is 6.79. The lowest BCUT2D eigenvalue weighted by molar-refractivity contribution is -0.148. The lowest BCUT2D eigenvalue weighted by Crippen LogP contribution is -2.30. The Morgan fingerprint density at radius 2 is 1.42 bits per heavy atom. The number of carbonyl (C=O) groups excluding carboxylic acids is 1. The molecule has 38 heavy (non-hydrogen) atoms. The van der Waals surface area contributed by atoms with E-state index >= 15 is 0 Å². The zero-order chi connectivity index (χ0) is 26.3. The Labute approximate surface area is 228 Å². The topological polar surface area (TPSA) is 35.5 Å². The minimum absolute atomic E-state index is 0.382. The van der Waals surface area contributed by atoms with E-state index in [0.717, 1.165) is 23.1 Å². The molecule has 0 aliphatic heterocycles. The Morgan fingerprint density at radius 1 is 0.789 bits per heavy atom. The van der Waals surface area contributed by atoms with Crippen LogP contribution in [0.4, 0.5) is 0 Å². The minimum atomic E-state index is -0.699. The van der Waals surface area contributed by atoms with Gasteiger partial charge in [-0.2, -0.15) is 0 Å². The van der Waals surface area contributed by atoms with Crippen molar-refractivity contribution >= 4 is 27.4 Å². The highest BCUT2D eigenvalue weighted by Crippen LogP contribution is 2.40. The highest BCUT2D eigenvalue weighted by molar-refractivity contribution is 7.19. The van der Waals surface area contributed by atoms with Gasteiger partial charge in [0.15, 0.2) is 6.10 Å². The van der Waals surface area contributed by atoms with Crippen LogP contribution in [-0.2, 0) is 22.4 Å². The fraction of sp³-hybridized carbons (Fsp3) is 0.206. The van der Waals surface area contributed by atoms with Crippen molar-refractivity contribution < 1.29 is 14.3 Å². The van der Waals surface area contributed by atoms with Gasteiger partial charge in [0, 0.05) is 26.9 Å². The minimum Gasteiger partial charge on any atom is -0.478 e. The van der Waals surface area contributed by atoms with Crippen LogP contribution >= 0.6 is 11.3 Å². The van der Waals surface area contributed by atoms with Crippen LogP contribution in [0, 0.1) is 0 Å². The molecule has 0 aliphatic rings. The zero-order valence-corrected chi connectivity index (χ0v) is 22.7. The smallest absolute Gasteiger partial charge is 0.347 e. The van der Waals surface area contributed by atoms with Crippen molar-refractivity contribution in [3.63, 3.8) is 0 Å². The van der Waals surface area contributed by atoms with E-state index in [1.165, 1.54) is 46.0 Å². The summed E-state index contributed by atoms with van der Waals surface area (Å²) >= 11 is 1.92. The molecule has 5 aromatic rings. The normalized spacial score (nSPS) is 11.8. The van der Waals surface area contributed by atoms with Gasteiger partial charge in [-0.25, -0.2) is 4.79 Å². The molecule has 1 atom stereocenters. The zero-order valence-electron chi connectivity index (χ0n) is 21.9. The largest absolute Gasteiger partial charge is 0.478 e. The predicted molar refractivity (Wildman–Crippen MR) is 158 cm³/mol. The van der Waals surface area contributed by atoms with Gasteiger partial charge < -0.3 is 9.47 Å². The van der Waals surface area contributed by atoms with Gasteiger partial charge in [0.1, 0.15) is 5.75 Å². The fourth-order valence-corrected chi connectivity index (χ4v) is 6.05. The van der Waals surface area contributed by atoms with Crippen LogP contribution < -0.4 is 4.74 Å². The van der Waals surface area contributed by atoms with Crippen LogP contribution in [0.5, 0.6) is 5.75 Å². The van der Waals surface area contributed by atoms with Crippen LogP contribution in [0.2, 0.25) is 0 Å². The number of benzene rings is 4. The number of rotatable bonds is 10. The van der Waals surface area contributed by atoms with E-state index in [-0.39, 0.29) is 5.97 Å². The molecule has 0 saturated carbocycles. The van der Waals surface area contributed by atoms with Crippen molar-refractivity contribution in [2.24, 2.45) is 0 Å². The number of fused-ring (bicyclic) bond motifs is 1. The number of hydrogen-bond donors (Lipinski definition) is 0. The summed E-state index contributed by atoms with van der Waals surface area (Å²) < 4.78 is 12.4.